The van der Waals surface area contributed by atoms with E-state index in [1.807, 2.05) is 13.8 Å². The Labute approximate surface area is 120 Å². The van der Waals surface area contributed by atoms with Crippen LogP contribution in [0.15, 0.2) is 36.5 Å². The van der Waals surface area contributed by atoms with Crippen molar-refractivity contribution in [2.75, 3.05) is 26.3 Å². The lowest BCUT2D eigenvalue weighted by Gasteiger charge is -2.41. The molecule has 5 nitrogen and oxygen atoms in total. The number of hydrogen-bond donors (Lipinski definition) is 0. The summed E-state index contributed by atoms with van der Waals surface area (Å²) in [6.45, 7) is 18.3. The molecule has 1 heterocycles. The molecule has 0 aliphatic carbocycles. The minimum Gasteiger partial charge on any atom is -0.302 e. The molecule has 0 aromatic rings. The van der Waals surface area contributed by atoms with E-state index in [0.29, 0.717) is 13.1 Å². The standard InChI is InChI=1S/C15H23N3O2/c1-11(2)7-16-10-17(8-12(3)4)15(20)18(14(16)19)9-13(5)6/h1,3,5,7-10H2,2,4,6H3. The molecule has 1 fully saturated rings. The lowest BCUT2D eigenvalue weighted by atomic mass is 10.2. The van der Waals surface area contributed by atoms with Gasteiger partial charge in [-0.05, 0) is 20.8 Å². The molecular formula is C15H23N3O2. The van der Waals surface area contributed by atoms with E-state index >= 15 is 0 Å². The molecule has 110 valence electrons. The SMILES string of the molecule is C=C(C)CN1CN(CC(=C)C)C(=O)N(CC(=C)C)C1=O. The normalized spacial score (nSPS) is 15.7. The highest BCUT2D eigenvalue weighted by Gasteiger charge is 2.36. The minimum absolute atomic E-state index is 0.233. The Hall–Kier alpha value is -2.04. The Bertz CT molecular complexity index is 434. The zero-order valence-corrected chi connectivity index (χ0v) is 12.6. The second kappa shape index (κ2) is 6.41. The van der Waals surface area contributed by atoms with Crippen LogP contribution in [-0.2, 0) is 0 Å². The topological polar surface area (TPSA) is 43.9 Å². The van der Waals surface area contributed by atoms with Crippen LogP contribution in [0, 0.1) is 0 Å². The zero-order chi connectivity index (χ0) is 15.4. The van der Waals surface area contributed by atoms with E-state index in [1.165, 1.54) is 4.90 Å². The van der Waals surface area contributed by atoms with E-state index in [9.17, 15) is 9.59 Å². The number of carbonyl (C=O) groups is 2. The average molecular weight is 277 g/mol. The molecular weight excluding hydrogens is 254 g/mol. The largest absolute Gasteiger partial charge is 0.330 e. The van der Waals surface area contributed by atoms with Gasteiger partial charge in [0.25, 0.3) is 0 Å². The Kier molecular flexibility index (Phi) is 5.13. The predicted molar refractivity (Wildman–Crippen MR) is 80.2 cm³/mol. The molecule has 0 aromatic carbocycles. The summed E-state index contributed by atoms with van der Waals surface area (Å²) < 4.78 is 0. The van der Waals surface area contributed by atoms with Gasteiger partial charge in [-0.25, -0.2) is 14.5 Å². The number of hydrogen-bond acceptors (Lipinski definition) is 2. The summed E-state index contributed by atoms with van der Waals surface area (Å²) in [5.41, 5.74) is 2.51. The van der Waals surface area contributed by atoms with Crippen molar-refractivity contribution in [3.63, 3.8) is 0 Å². The Balaban J connectivity index is 2.98. The number of urea groups is 2. The molecule has 20 heavy (non-hydrogen) atoms. The smallest absolute Gasteiger partial charge is 0.302 e. The van der Waals surface area contributed by atoms with Crippen LogP contribution in [0.25, 0.3) is 0 Å². The first-order chi connectivity index (χ1) is 9.22. The summed E-state index contributed by atoms with van der Waals surface area (Å²) in [7, 11) is 0. The van der Waals surface area contributed by atoms with Gasteiger partial charge in [-0.3, -0.25) is 0 Å². The van der Waals surface area contributed by atoms with Gasteiger partial charge in [-0.2, -0.15) is 0 Å². The molecule has 0 spiro atoms. The third-order valence-electron chi connectivity index (χ3n) is 2.69. The van der Waals surface area contributed by atoms with Crippen molar-refractivity contribution in [1.29, 1.82) is 0 Å². The van der Waals surface area contributed by atoms with Crippen LogP contribution < -0.4 is 0 Å². The highest BCUT2D eigenvalue weighted by atomic mass is 16.2. The molecule has 1 rings (SSSR count). The molecule has 0 aromatic heterocycles. The van der Waals surface area contributed by atoms with Gasteiger partial charge in [0.2, 0.25) is 0 Å². The fourth-order valence-corrected chi connectivity index (χ4v) is 2.04. The summed E-state index contributed by atoms with van der Waals surface area (Å²) in [5.74, 6) is 0. The van der Waals surface area contributed by atoms with Crippen molar-refractivity contribution in [2.45, 2.75) is 20.8 Å². The number of carbonyl (C=O) groups excluding carboxylic acids is 2. The molecule has 0 saturated carbocycles. The monoisotopic (exact) mass is 277 g/mol. The first-order valence-electron chi connectivity index (χ1n) is 6.51. The number of rotatable bonds is 6. The maximum atomic E-state index is 12.3. The fraction of sp³-hybridized carbons (Fsp3) is 0.467. The van der Waals surface area contributed by atoms with Gasteiger partial charge in [-0.15, -0.1) is 0 Å². The minimum atomic E-state index is -0.293. The summed E-state index contributed by atoms with van der Waals surface area (Å²) in [4.78, 5) is 29.1. The van der Waals surface area contributed by atoms with Crippen LogP contribution in [-0.4, -0.2) is 53.1 Å². The first kappa shape index (κ1) is 16.0. The van der Waals surface area contributed by atoms with E-state index < -0.39 is 0 Å². The lowest BCUT2D eigenvalue weighted by molar-refractivity contribution is 0.0881. The van der Waals surface area contributed by atoms with Crippen molar-refractivity contribution >= 4 is 12.1 Å². The maximum absolute atomic E-state index is 12.3. The average Bonchev–Trinajstić information content (AvgIpc) is 2.29. The molecule has 0 N–H and O–H groups in total. The molecule has 0 unspecified atom stereocenters. The molecule has 0 radical (unpaired) electrons. The van der Waals surface area contributed by atoms with Gasteiger partial charge in [0.15, 0.2) is 0 Å². The molecule has 0 atom stereocenters. The van der Waals surface area contributed by atoms with Gasteiger partial charge < -0.3 is 9.80 Å². The highest BCUT2D eigenvalue weighted by Crippen LogP contribution is 2.16. The first-order valence-corrected chi connectivity index (χ1v) is 6.51. The summed E-state index contributed by atoms with van der Waals surface area (Å²) in [6.07, 6.45) is 0. The van der Waals surface area contributed by atoms with E-state index in [2.05, 4.69) is 19.7 Å². The second-order valence-corrected chi connectivity index (χ2v) is 5.56. The summed E-state index contributed by atoms with van der Waals surface area (Å²) >= 11 is 0. The van der Waals surface area contributed by atoms with E-state index in [1.54, 1.807) is 16.7 Å². The molecule has 1 aliphatic rings. The maximum Gasteiger partial charge on any atom is 0.330 e. The van der Waals surface area contributed by atoms with Gasteiger partial charge in [-0.1, -0.05) is 36.5 Å². The van der Waals surface area contributed by atoms with Crippen LogP contribution in [0.2, 0.25) is 0 Å². The third kappa shape index (κ3) is 3.98. The van der Waals surface area contributed by atoms with Crippen LogP contribution >= 0.6 is 0 Å². The molecule has 1 saturated heterocycles. The van der Waals surface area contributed by atoms with Crippen molar-refractivity contribution in [3.8, 4) is 0 Å². The Morgan fingerprint density at radius 2 is 1.20 bits per heavy atom. The van der Waals surface area contributed by atoms with Gasteiger partial charge >= 0.3 is 12.1 Å². The van der Waals surface area contributed by atoms with E-state index in [-0.39, 0.29) is 25.3 Å². The van der Waals surface area contributed by atoms with Crippen molar-refractivity contribution in [1.82, 2.24) is 14.7 Å². The zero-order valence-electron chi connectivity index (χ0n) is 12.6. The lowest BCUT2D eigenvalue weighted by Crippen LogP contribution is -2.61. The van der Waals surface area contributed by atoms with Crippen LogP contribution in [0.1, 0.15) is 20.8 Å². The highest BCUT2D eigenvalue weighted by molar-refractivity contribution is 5.96. The second-order valence-electron chi connectivity index (χ2n) is 5.56. The van der Waals surface area contributed by atoms with Crippen LogP contribution in [0.5, 0.6) is 0 Å². The summed E-state index contributed by atoms with van der Waals surface area (Å²) in [6, 6.07) is -0.585. The number of imide groups is 1. The van der Waals surface area contributed by atoms with E-state index in [4.69, 9.17) is 0 Å². The van der Waals surface area contributed by atoms with Gasteiger partial charge in [0.1, 0.15) is 0 Å². The summed E-state index contributed by atoms with van der Waals surface area (Å²) in [5, 5.41) is 0. The Morgan fingerprint density at radius 1 is 0.850 bits per heavy atom. The van der Waals surface area contributed by atoms with Crippen LogP contribution in [0.3, 0.4) is 0 Å². The number of nitrogens with zero attached hydrogens (tertiary/aromatic N) is 3. The predicted octanol–water partition coefficient (Wildman–Crippen LogP) is 2.83. The van der Waals surface area contributed by atoms with Gasteiger partial charge in [0.05, 0.1) is 13.2 Å². The molecule has 0 bridgehead atoms. The van der Waals surface area contributed by atoms with E-state index in [0.717, 1.165) is 16.7 Å². The van der Waals surface area contributed by atoms with Crippen molar-refractivity contribution in [2.24, 2.45) is 0 Å². The van der Waals surface area contributed by atoms with Gasteiger partial charge in [0, 0.05) is 13.1 Å². The molecule has 4 amide bonds. The third-order valence-corrected chi connectivity index (χ3v) is 2.69. The van der Waals surface area contributed by atoms with Crippen molar-refractivity contribution in [3.05, 3.63) is 36.5 Å². The van der Waals surface area contributed by atoms with Crippen molar-refractivity contribution < 1.29 is 9.59 Å². The number of amides is 4. The Morgan fingerprint density at radius 3 is 1.50 bits per heavy atom. The molecule has 5 heteroatoms. The quantitative estimate of drug-likeness (QED) is 0.701. The van der Waals surface area contributed by atoms with Crippen LogP contribution in [0.4, 0.5) is 9.59 Å². The fourth-order valence-electron chi connectivity index (χ4n) is 2.04. The molecule has 1 aliphatic heterocycles.